The summed E-state index contributed by atoms with van der Waals surface area (Å²) in [6.07, 6.45) is 1.22. The molecule has 2 amide bonds. The molecule has 2 atom stereocenters. The van der Waals surface area contributed by atoms with Crippen LogP contribution in [-0.4, -0.2) is 34.3 Å². The van der Waals surface area contributed by atoms with Gasteiger partial charge in [-0.2, -0.15) is 0 Å². The van der Waals surface area contributed by atoms with Crippen molar-refractivity contribution >= 4 is 23.2 Å². The van der Waals surface area contributed by atoms with Crippen molar-refractivity contribution in [2.75, 3.05) is 6.54 Å². The first-order valence-corrected chi connectivity index (χ1v) is 7.88. The molecule has 2 heterocycles. The maximum Gasteiger partial charge on any atom is 0.245 e. The van der Waals surface area contributed by atoms with Crippen LogP contribution in [0.5, 0.6) is 0 Å². The Balaban J connectivity index is 2.14. The molecule has 0 saturated carbocycles. The topological polar surface area (TPSA) is 62.3 Å². The van der Waals surface area contributed by atoms with Gasteiger partial charge in [0.1, 0.15) is 6.04 Å². The van der Waals surface area contributed by atoms with E-state index >= 15 is 0 Å². The van der Waals surface area contributed by atoms with Gasteiger partial charge in [0.2, 0.25) is 11.8 Å². The Morgan fingerprint density at radius 1 is 1.55 bits per heavy atom. The molecule has 1 N–H and O–H groups in total. The van der Waals surface area contributed by atoms with Crippen molar-refractivity contribution in [3.8, 4) is 0 Å². The molecule has 0 spiro atoms. The molecule has 2 unspecified atom stereocenters. The van der Waals surface area contributed by atoms with Gasteiger partial charge in [0.05, 0.1) is 17.2 Å². The van der Waals surface area contributed by atoms with Gasteiger partial charge in [-0.3, -0.25) is 9.59 Å². The van der Waals surface area contributed by atoms with Crippen molar-refractivity contribution in [3.05, 3.63) is 16.1 Å². The number of aryl methyl sites for hydroxylation is 1. The van der Waals surface area contributed by atoms with Crippen molar-refractivity contribution in [1.29, 1.82) is 0 Å². The Kier molecular flexibility index (Phi) is 4.75. The van der Waals surface area contributed by atoms with Crippen LogP contribution in [0.25, 0.3) is 0 Å². The number of carbonyl (C=O) groups is 2. The van der Waals surface area contributed by atoms with Crippen molar-refractivity contribution in [1.82, 2.24) is 15.2 Å². The van der Waals surface area contributed by atoms with Gasteiger partial charge in [0, 0.05) is 18.3 Å². The molecule has 5 nitrogen and oxygen atoms in total. The number of nitrogens with one attached hydrogen (secondary N) is 1. The van der Waals surface area contributed by atoms with Crippen LogP contribution >= 0.6 is 11.3 Å². The van der Waals surface area contributed by atoms with Crippen molar-refractivity contribution in [3.63, 3.8) is 0 Å². The fourth-order valence-electron chi connectivity index (χ4n) is 2.31. The van der Waals surface area contributed by atoms with E-state index in [1.807, 2.05) is 26.2 Å². The average molecular weight is 295 g/mol. The molecule has 110 valence electrons. The summed E-state index contributed by atoms with van der Waals surface area (Å²) in [6, 6.07) is -0.408. The summed E-state index contributed by atoms with van der Waals surface area (Å²) < 4.78 is 0. The lowest BCUT2D eigenvalue weighted by molar-refractivity contribution is -0.135. The monoisotopic (exact) mass is 295 g/mol. The Hall–Kier alpha value is -1.43. The molecule has 1 aliphatic rings. The van der Waals surface area contributed by atoms with E-state index in [-0.39, 0.29) is 17.7 Å². The van der Waals surface area contributed by atoms with Crippen molar-refractivity contribution in [2.24, 2.45) is 5.92 Å². The lowest BCUT2D eigenvalue weighted by Gasteiger charge is -2.26. The van der Waals surface area contributed by atoms with Gasteiger partial charge in [0.25, 0.3) is 0 Å². The summed E-state index contributed by atoms with van der Waals surface area (Å²) in [6.45, 7) is 6.94. The van der Waals surface area contributed by atoms with E-state index in [2.05, 4.69) is 10.3 Å². The van der Waals surface area contributed by atoms with Crippen molar-refractivity contribution < 1.29 is 9.59 Å². The minimum absolute atomic E-state index is 0.0100. The fraction of sp³-hybridized carbons (Fsp3) is 0.643. The zero-order chi connectivity index (χ0) is 14.7. The van der Waals surface area contributed by atoms with Gasteiger partial charge < -0.3 is 10.2 Å². The largest absolute Gasteiger partial charge is 0.344 e. The van der Waals surface area contributed by atoms with Gasteiger partial charge in [-0.15, -0.1) is 11.3 Å². The zero-order valence-electron chi connectivity index (χ0n) is 12.2. The lowest BCUT2D eigenvalue weighted by Crippen LogP contribution is -2.48. The maximum absolute atomic E-state index is 12.6. The van der Waals surface area contributed by atoms with E-state index in [1.165, 1.54) is 0 Å². The van der Waals surface area contributed by atoms with E-state index in [9.17, 15) is 9.59 Å². The van der Waals surface area contributed by atoms with Crippen LogP contribution in [0.4, 0.5) is 0 Å². The molecule has 1 aromatic rings. The van der Waals surface area contributed by atoms with Crippen LogP contribution < -0.4 is 5.32 Å². The zero-order valence-corrected chi connectivity index (χ0v) is 13.0. The van der Waals surface area contributed by atoms with Gasteiger partial charge in [-0.25, -0.2) is 4.98 Å². The second kappa shape index (κ2) is 6.35. The number of aromatic nitrogens is 1. The van der Waals surface area contributed by atoms with E-state index in [0.29, 0.717) is 19.5 Å². The smallest absolute Gasteiger partial charge is 0.245 e. The Morgan fingerprint density at radius 3 is 2.90 bits per heavy atom. The molecule has 0 aliphatic carbocycles. The molecule has 0 bridgehead atoms. The number of rotatable bonds is 4. The highest BCUT2D eigenvalue weighted by molar-refractivity contribution is 7.09. The van der Waals surface area contributed by atoms with Crippen LogP contribution in [-0.2, 0) is 16.1 Å². The molecule has 6 heteroatoms. The molecule has 0 radical (unpaired) electrons. The first-order chi connectivity index (χ1) is 9.51. The van der Waals surface area contributed by atoms with E-state index in [4.69, 9.17) is 0 Å². The van der Waals surface area contributed by atoms with E-state index < -0.39 is 6.04 Å². The summed E-state index contributed by atoms with van der Waals surface area (Å²) in [4.78, 5) is 30.5. The third-order valence-corrected chi connectivity index (χ3v) is 4.56. The van der Waals surface area contributed by atoms with Crippen LogP contribution in [0.15, 0.2) is 5.38 Å². The third kappa shape index (κ3) is 3.36. The predicted octanol–water partition coefficient (Wildman–Crippen LogP) is 1.71. The Labute approximate surface area is 123 Å². The molecule has 0 aromatic carbocycles. The first kappa shape index (κ1) is 15.0. The summed E-state index contributed by atoms with van der Waals surface area (Å²) in [7, 11) is 0. The molecule has 1 aromatic heterocycles. The van der Waals surface area contributed by atoms with Gasteiger partial charge >= 0.3 is 0 Å². The van der Waals surface area contributed by atoms with Gasteiger partial charge in [-0.1, -0.05) is 20.3 Å². The lowest BCUT2D eigenvalue weighted by atomic mass is 9.98. The normalized spacial score (nSPS) is 21.6. The van der Waals surface area contributed by atoms with E-state index in [0.717, 1.165) is 17.1 Å². The molecular weight excluding hydrogens is 274 g/mol. The second-order valence-electron chi connectivity index (χ2n) is 5.30. The fourth-order valence-corrected chi connectivity index (χ4v) is 2.91. The number of amides is 2. The molecule has 20 heavy (non-hydrogen) atoms. The summed E-state index contributed by atoms with van der Waals surface area (Å²) in [5, 5.41) is 5.82. The summed E-state index contributed by atoms with van der Waals surface area (Å²) in [5.41, 5.74) is 0.901. The highest BCUT2D eigenvalue weighted by Crippen LogP contribution is 2.17. The third-order valence-electron chi connectivity index (χ3n) is 3.74. The number of nitrogens with zero attached hydrogens (tertiary/aromatic N) is 2. The Morgan fingerprint density at radius 2 is 2.30 bits per heavy atom. The van der Waals surface area contributed by atoms with Crippen LogP contribution in [0.1, 0.15) is 37.4 Å². The standard InChI is InChI=1S/C14H21N3O2S/c1-4-9(2)13-14(19)17(6-5-12(18)16-13)7-11-8-20-10(3)15-11/h8-9,13H,4-7H2,1-3H3,(H,16,18). The minimum atomic E-state index is -0.408. The number of thiazole rings is 1. The molecule has 2 rings (SSSR count). The van der Waals surface area contributed by atoms with Gasteiger partial charge in [-0.05, 0) is 12.8 Å². The highest BCUT2D eigenvalue weighted by Gasteiger charge is 2.33. The number of carbonyl (C=O) groups excluding carboxylic acids is 2. The average Bonchev–Trinajstić information content (AvgIpc) is 2.78. The van der Waals surface area contributed by atoms with Crippen LogP contribution in [0, 0.1) is 12.8 Å². The second-order valence-corrected chi connectivity index (χ2v) is 6.36. The Bertz CT molecular complexity index is 500. The predicted molar refractivity (Wildman–Crippen MR) is 78.3 cm³/mol. The number of hydrogen-bond acceptors (Lipinski definition) is 4. The van der Waals surface area contributed by atoms with Crippen LogP contribution in [0.3, 0.4) is 0 Å². The quantitative estimate of drug-likeness (QED) is 0.920. The molecule has 1 aliphatic heterocycles. The van der Waals surface area contributed by atoms with E-state index in [1.54, 1.807) is 16.2 Å². The maximum atomic E-state index is 12.6. The number of hydrogen-bond donors (Lipinski definition) is 1. The van der Waals surface area contributed by atoms with Crippen LogP contribution in [0.2, 0.25) is 0 Å². The summed E-state index contributed by atoms with van der Waals surface area (Å²) in [5.74, 6) is 0.112. The molecule has 1 fully saturated rings. The minimum Gasteiger partial charge on any atom is -0.344 e. The molecular formula is C14H21N3O2S. The van der Waals surface area contributed by atoms with Crippen molar-refractivity contribution in [2.45, 2.75) is 46.2 Å². The SMILES string of the molecule is CCC(C)C1NC(=O)CCN(Cc2csc(C)n2)C1=O. The van der Waals surface area contributed by atoms with Gasteiger partial charge in [0.15, 0.2) is 0 Å². The highest BCUT2D eigenvalue weighted by atomic mass is 32.1. The summed E-state index contributed by atoms with van der Waals surface area (Å²) >= 11 is 1.58. The molecule has 1 saturated heterocycles. The first-order valence-electron chi connectivity index (χ1n) is 7.00.